The Morgan fingerprint density at radius 1 is 1.12 bits per heavy atom. The van der Waals surface area contributed by atoms with Crippen LogP contribution in [0.3, 0.4) is 0 Å². The van der Waals surface area contributed by atoms with E-state index in [4.69, 9.17) is 32.5 Å². The van der Waals surface area contributed by atoms with Crippen LogP contribution in [-0.2, 0) is 22.6 Å². The minimum atomic E-state index is -0.360. The molecule has 0 saturated heterocycles. The average molecular weight is 378 g/mol. The molecule has 0 aliphatic carbocycles. The molecule has 2 heterocycles. The Morgan fingerprint density at radius 2 is 1.92 bits per heavy atom. The zero-order chi connectivity index (χ0) is 17.6. The van der Waals surface area contributed by atoms with Gasteiger partial charge in [-0.25, -0.2) is 4.98 Å². The van der Waals surface area contributed by atoms with Gasteiger partial charge in [0.05, 0.1) is 6.42 Å². The van der Waals surface area contributed by atoms with Crippen LogP contribution in [0, 0.1) is 0 Å². The molecule has 8 heteroatoms. The number of aromatic nitrogens is 3. The number of hydrogen-bond donors (Lipinski definition) is 0. The van der Waals surface area contributed by atoms with E-state index in [0.29, 0.717) is 28.3 Å². The SMILES string of the molecule is O=C(CCc1nc(-c2ccc(Cl)cc2)no1)OCc1ccc(Cl)nc1. The molecule has 0 bridgehead atoms. The first kappa shape index (κ1) is 17.4. The van der Waals surface area contributed by atoms with Crippen LogP contribution in [0.2, 0.25) is 10.2 Å². The minimum absolute atomic E-state index is 0.142. The lowest BCUT2D eigenvalue weighted by atomic mass is 10.2. The Labute approximate surface area is 153 Å². The van der Waals surface area contributed by atoms with E-state index < -0.39 is 0 Å². The molecule has 6 nitrogen and oxygen atoms in total. The average Bonchev–Trinajstić information content (AvgIpc) is 3.09. The number of esters is 1. The lowest BCUT2D eigenvalue weighted by Gasteiger charge is -2.03. The van der Waals surface area contributed by atoms with E-state index in [0.717, 1.165) is 11.1 Å². The fraction of sp³-hybridized carbons (Fsp3) is 0.176. The summed E-state index contributed by atoms with van der Waals surface area (Å²) in [7, 11) is 0. The van der Waals surface area contributed by atoms with Crippen molar-refractivity contribution in [2.45, 2.75) is 19.4 Å². The van der Waals surface area contributed by atoms with Crippen LogP contribution in [0.25, 0.3) is 11.4 Å². The maximum absolute atomic E-state index is 11.8. The van der Waals surface area contributed by atoms with Gasteiger partial charge in [-0.2, -0.15) is 4.98 Å². The summed E-state index contributed by atoms with van der Waals surface area (Å²) in [5, 5.41) is 4.92. The fourth-order valence-corrected chi connectivity index (χ4v) is 2.25. The van der Waals surface area contributed by atoms with Crippen molar-refractivity contribution in [3.8, 4) is 11.4 Å². The smallest absolute Gasteiger partial charge is 0.306 e. The molecule has 0 aliphatic rings. The van der Waals surface area contributed by atoms with Crippen molar-refractivity contribution in [1.82, 2.24) is 15.1 Å². The van der Waals surface area contributed by atoms with Gasteiger partial charge in [-0.15, -0.1) is 0 Å². The van der Waals surface area contributed by atoms with Crippen LogP contribution in [0.4, 0.5) is 0 Å². The number of carbonyl (C=O) groups excluding carboxylic acids is 1. The molecule has 128 valence electrons. The van der Waals surface area contributed by atoms with E-state index in [1.54, 1.807) is 42.6 Å². The second-order valence-electron chi connectivity index (χ2n) is 5.17. The van der Waals surface area contributed by atoms with Gasteiger partial charge < -0.3 is 9.26 Å². The molecule has 3 aromatic rings. The number of carbonyl (C=O) groups is 1. The summed E-state index contributed by atoms with van der Waals surface area (Å²) in [5.74, 6) is 0.462. The summed E-state index contributed by atoms with van der Waals surface area (Å²) < 4.78 is 10.3. The second kappa shape index (κ2) is 8.09. The summed E-state index contributed by atoms with van der Waals surface area (Å²) in [4.78, 5) is 20.0. The van der Waals surface area contributed by atoms with Crippen LogP contribution in [0.1, 0.15) is 17.9 Å². The molecule has 3 rings (SSSR count). The predicted molar refractivity (Wildman–Crippen MR) is 92.1 cm³/mol. The molecule has 1 aromatic carbocycles. The molecule has 2 aromatic heterocycles. The third-order valence-electron chi connectivity index (χ3n) is 3.30. The molecule has 0 unspecified atom stereocenters. The Balaban J connectivity index is 1.49. The van der Waals surface area contributed by atoms with Gasteiger partial charge in [0.2, 0.25) is 11.7 Å². The van der Waals surface area contributed by atoms with E-state index in [-0.39, 0.29) is 19.0 Å². The first-order valence-corrected chi connectivity index (χ1v) is 8.20. The van der Waals surface area contributed by atoms with Gasteiger partial charge in [0, 0.05) is 28.8 Å². The summed E-state index contributed by atoms with van der Waals surface area (Å²) in [6.45, 7) is 0.142. The molecule has 0 fully saturated rings. The van der Waals surface area contributed by atoms with E-state index in [1.165, 1.54) is 0 Å². The Bertz CT molecular complexity index is 848. The summed E-state index contributed by atoms with van der Waals surface area (Å²) in [6, 6.07) is 10.5. The van der Waals surface area contributed by atoms with Crippen LogP contribution < -0.4 is 0 Å². The number of halogens is 2. The van der Waals surface area contributed by atoms with E-state index in [2.05, 4.69) is 15.1 Å². The van der Waals surface area contributed by atoms with Gasteiger partial charge in [-0.1, -0.05) is 34.4 Å². The molecule has 0 amide bonds. The number of pyridine rings is 1. The largest absolute Gasteiger partial charge is 0.461 e. The van der Waals surface area contributed by atoms with Crippen molar-refractivity contribution >= 4 is 29.2 Å². The number of ether oxygens (including phenoxy) is 1. The number of aryl methyl sites for hydroxylation is 1. The highest BCUT2D eigenvalue weighted by Crippen LogP contribution is 2.19. The topological polar surface area (TPSA) is 78.1 Å². The van der Waals surface area contributed by atoms with Gasteiger partial charge >= 0.3 is 5.97 Å². The first-order chi connectivity index (χ1) is 12.1. The highest BCUT2D eigenvalue weighted by atomic mass is 35.5. The van der Waals surface area contributed by atoms with Crippen LogP contribution in [-0.4, -0.2) is 21.1 Å². The third-order valence-corrected chi connectivity index (χ3v) is 3.78. The molecule has 0 N–H and O–H groups in total. The fourth-order valence-electron chi connectivity index (χ4n) is 2.01. The van der Waals surface area contributed by atoms with Gasteiger partial charge in [0.25, 0.3) is 0 Å². The highest BCUT2D eigenvalue weighted by molar-refractivity contribution is 6.30. The van der Waals surface area contributed by atoms with Crippen molar-refractivity contribution in [1.29, 1.82) is 0 Å². The molecule has 0 radical (unpaired) electrons. The molecular weight excluding hydrogens is 365 g/mol. The van der Waals surface area contributed by atoms with Crippen molar-refractivity contribution in [3.05, 3.63) is 64.2 Å². The van der Waals surface area contributed by atoms with Crippen molar-refractivity contribution < 1.29 is 14.1 Å². The predicted octanol–water partition coefficient (Wildman–Crippen LogP) is 4.11. The van der Waals surface area contributed by atoms with Crippen LogP contribution >= 0.6 is 23.2 Å². The normalized spacial score (nSPS) is 10.6. The Morgan fingerprint density at radius 3 is 2.64 bits per heavy atom. The highest BCUT2D eigenvalue weighted by Gasteiger charge is 2.11. The van der Waals surface area contributed by atoms with E-state index in [9.17, 15) is 4.79 Å². The Hall–Kier alpha value is -2.44. The number of hydrogen-bond acceptors (Lipinski definition) is 6. The van der Waals surface area contributed by atoms with Crippen molar-refractivity contribution in [2.75, 3.05) is 0 Å². The van der Waals surface area contributed by atoms with Crippen LogP contribution in [0.15, 0.2) is 47.1 Å². The lowest BCUT2D eigenvalue weighted by Crippen LogP contribution is -2.06. The maximum atomic E-state index is 11.8. The minimum Gasteiger partial charge on any atom is -0.461 e. The molecule has 0 saturated carbocycles. The summed E-state index contributed by atoms with van der Waals surface area (Å²) in [6.07, 6.45) is 2.01. The number of benzene rings is 1. The molecule has 0 aliphatic heterocycles. The Kier molecular flexibility index (Phi) is 5.63. The lowest BCUT2D eigenvalue weighted by molar-refractivity contribution is -0.145. The first-order valence-electron chi connectivity index (χ1n) is 7.45. The number of rotatable bonds is 6. The van der Waals surface area contributed by atoms with E-state index >= 15 is 0 Å². The zero-order valence-corrected chi connectivity index (χ0v) is 14.5. The molecule has 0 atom stereocenters. The third kappa shape index (κ3) is 5.01. The molecule has 25 heavy (non-hydrogen) atoms. The van der Waals surface area contributed by atoms with Gasteiger partial charge in [-0.05, 0) is 30.3 Å². The van der Waals surface area contributed by atoms with Gasteiger partial charge in [0.1, 0.15) is 11.8 Å². The van der Waals surface area contributed by atoms with Gasteiger partial charge in [0.15, 0.2) is 0 Å². The van der Waals surface area contributed by atoms with Crippen LogP contribution in [0.5, 0.6) is 0 Å². The standard InChI is InChI=1S/C17H13Cl2N3O3/c18-13-4-2-12(3-5-13)17-21-15(25-22-17)7-8-16(23)24-10-11-1-6-14(19)20-9-11/h1-6,9H,7-8,10H2. The second-order valence-corrected chi connectivity index (χ2v) is 5.99. The van der Waals surface area contributed by atoms with E-state index in [1.807, 2.05) is 0 Å². The van der Waals surface area contributed by atoms with Gasteiger partial charge in [-0.3, -0.25) is 4.79 Å². The van der Waals surface area contributed by atoms with Crippen molar-refractivity contribution in [3.63, 3.8) is 0 Å². The van der Waals surface area contributed by atoms with Crippen molar-refractivity contribution in [2.24, 2.45) is 0 Å². The molecule has 0 spiro atoms. The molecular formula is C17H13Cl2N3O3. The summed E-state index contributed by atoms with van der Waals surface area (Å²) in [5.41, 5.74) is 1.55. The summed E-state index contributed by atoms with van der Waals surface area (Å²) >= 11 is 11.5. The zero-order valence-electron chi connectivity index (χ0n) is 13.0. The number of nitrogens with zero attached hydrogens (tertiary/aromatic N) is 3. The monoisotopic (exact) mass is 377 g/mol. The quantitative estimate of drug-likeness (QED) is 0.474. The maximum Gasteiger partial charge on any atom is 0.306 e.